The van der Waals surface area contributed by atoms with Crippen LogP contribution in [0.5, 0.6) is 0 Å². The van der Waals surface area contributed by atoms with E-state index in [1.807, 2.05) is 0 Å². The van der Waals surface area contributed by atoms with Gasteiger partial charge in [-0.3, -0.25) is 14.7 Å². The number of carbonyl (C=O) groups excluding carboxylic acids is 2. The van der Waals surface area contributed by atoms with Crippen molar-refractivity contribution in [3.8, 4) is 34.6 Å². The Bertz CT molecular complexity index is 1210. The molecule has 1 aromatic carbocycles. The van der Waals surface area contributed by atoms with Gasteiger partial charge in [-0.15, -0.1) is 0 Å². The van der Waals surface area contributed by atoms with Crippen LogP contribution in [0.1, 0.15) is 28.9 Å². The number of benzene rings is 1. The van der Waals surface area contributed by atoms with Gasteiger partial charge in [-0.25, -0.2) is 9.97 Å². The average Bonchev–Trinajstić information content (AvgIpc) is 3.30. The Morgan fingerprint density at radius 3 is 2.84 bits per heavy atom. The van der Waals surface area contributed by atoms with Gasteiger partial charge >= 0.3 is 0 Å². The molecular formula is C22H20N6O3. The number of nitrogens with zero attached hydrogens (tertiary/aromatic N) is 4. The van der Waals surface area contributed by atoms with Gasteiger partial charge in [0.05, 0.1) is 17.8 Å². The summed E-state index contributed by atoms with van der Waals surface area (Å²) in [5, 5.41) is 17.3. The van der Waals surface area contributed by atoms with Gasteiger partial charge < -0.3 is 15.7 Å². The molecule has 0 saturated carbocycles. The van der Waals surface area contributed by atoms with Gasteiger partial charge in [-0.2, -0.15) is 5.10 Å². The lowest BCUT2D eigenvalue weighted by Gasteiger charge is -2.32. The summed E-state index contributed by atoms with van der Waals surface area (Å²) in [7, 11) is 1.70. The van der Waals surface area contributed by atoms with E-state index in [1.54, 1.807) is 48.5 Å². The first kappa shape index (κ1) is 20.3. The summed E-state index contributed by atoms with van der Waals surface area (Å²) < 4.78 is 0. The van der Waals surface area contributed by atoms with Crippen LogP contribution in [0.15, 0.2) is 42.6 Å². The first-order chi connectivity index (χ1) is 14.8. The van der Waals surface area contributed by atoms with Crippen LogP contribution in [0.3, 0.4) is 0 Å². The second-order valence-electron chi connectivity index (χ2n) is 7.40. The van der Waals surface area contributed by atoms with E-state index in [-0.39, 0.29) is 18.0 Å². The summed E-state index contributed by atoms with van der Waals surface area (Å²) in [5.41, 5.74) is 6.51. The summed E-state index contributed by atoms with van der Waals surface area (Å²) in [6.07, 6.45) is 1.93. The average molecular weight is 416 g/mol. The molecule has 1 unspecified atom stereocenters. The van der Waals surface area contributed by atoms with Gasteiger partial charge in [-0.05, 0) is 24.3 Å². The Morgan fingerprint density at radius 2 is 2.13 bits per heavy atom. The molecule has 1 fully saturated rings. The Labute approximate surface area is 178 Å². The summed E-state index contributed by atoms with van der Waals surface area (Å²) in [6.45, 7) is 0.453. The van der Waals surface area contributed by atoms with Gasteiger partial charge in [0.25, 0.3) is 5.91 Å². The number of nitrogens with two attached hydrogens (primary N) is 1. The van der Waals surface area contributed by atoms with Gasteiger partial charge in [0.15, 0.2) is 5.82 Å². The molecule has 0 spiro atoms. The first-order valence-corrected chi connectivity index (χ1v) is 9.62. The molecule has 31 heavy (non-hydrogen) atoms. The fraction of sp³-hybridized carbons (Fsp3) is 0.227. The number of aliphatic hydroxyl groups is 1. The van der Waals surface area contributed by atoms with Gasteiger partial charge in [0.1, 0.15) is 11.3 Å². The largest absolute Gasteiger partial charge is 0.377 e. The zero-order valence-electron chi connectivity index (χ0n) is 16.8. The van der Waals surface area contributed by atoms with Crippen molar-refractivity contribution in [2.45, 2.75) is 18.4 Å². The van der Waals surface area contributed by atoms with Crippen molar-refractivity contribution in [3.63, 3.8) is 0 Å². The van der Waals surface area contributed by atoms with Gasteiger partial charge in [-0.1, -0.05) is 24.0 Å². The second kappa shape index (κ2) is 8.01. The predicted molar refractivity (Wildman–Crippen MR) is 112 cm³/mol. The van der Waals surface area contributed by atoms with E-state index in [0.29, 0.717) is 41.3 Å². The van der Waals surface area contributed by atoms with Crippen LogP contribution in [-0.4, -0.2) is 61.2 Å². The molecule has 9 nitrogen and oxygen atoms in total. The molecule has 9 heteroatoms. The maximum Gasteiger partial charge on any atom is 0.267 e. The van der Waals surface area contributed by atoms with E-state index in [4.69, 9.17) is 5.73 Å². The van der Waals surface area contributed by atoms with Crippen molar-refractivity contribution in [3.05, 3.63) is 53.9 Å². The zero-order valence-corrected chi connectivity index (χ0v) is 16.8. The number of hydrogen-bond acceptors (Lipinski definition) is 6. The van der Waals surface area contributed by atoms with Crippen LogP contribution < -0.4 is 5.73 Å². The standard InChI is InChI=1S/C22H20N6O3/c1-28-10-8-22(31,13-19(28)29)7-5-14-3-2-4-15(11-14)21-25-17(16-6-9-24-27-16)12-18(26-21)20(23)30/h2-4,6,9,11-12,31H,8,10,13H2,1H3,(H2,23,30)(H,24,27). The molecule has 156 valence electrons. The molecular weight excluding hydrogens is 396 g/mol. The minimum absolute atomic E-state index is 0.0342. The number of hydrogen-bond donors (Lipinski definition) is 3. The minimum atomic E-state index is -1.35. The van der Waals surface area contributed by atoms with E-state index in [9.17, 15) is 14.7 Å². The fourth-order valence-corrected chi connectivity index (χ4v) is 3.22. The molecule has 4 rings (SSSR count). The Hall–Kier alpha value is -4.03. The molecule has 1 saturated heterocycles. The van der Waals surface area contributed by atoms with Crippen molar-refractivity contribution in [1.82, 2.24) is 25.1 Å². The van der Waals surface area contributed by atoms with E-state index in [2.05, 4.69) is 32.0 Å². The lowest BCUT2D eigenvalue weighted by Crippen LogP contribution is -2.45. The van der Waals surface area contributed by atoms with Crippen LogP contribution in [0.2, 0.25) is 0 Å². The molecule has 0 bridgehead atoms. The lowest BCUT2D eigenvalue weighted by molar-refractivity contribution is -0.138. The molecule has 1 atom stereocenters. The number of carbonyl (C=O) groups is 2. The van der Waals surface area contributed by atoms with E-state index >= 15 is 0 Å². The quantitative estimate of drug-likeness (QED) is 0.544. The van der Waals surface area contributed by atoms with Crippen LogP contribution in [0, 0.1) is 11.8 Å². The van der Waals surface area contributed by atoms with Crippen LogP contribution in [-0.2, 0) is 4.79 Å². The minimum Gasteiger partial charge on any atom is -0.377 e. The Balaban J connectivity index is 1.68. The molecule has 4 N–H and O–H groups in total. The molecule has 3 aromatic rings. The highest BCUT2D eigenvalue weighted by molar-refractivity contribution is 5.92. The van der Waals surface area contributed by atoms with Crippen LogP contribution in [0.4, 0.5) is 0 Å². The molecule has 0 aliphatic carbocycles. The van der Waals surface area contributed by atoms with Crippen molar-refractivity contribution < 1.29 is 14.7 Å². The Kier molecular flexibility index (Phi) is 5.23. The molecule has 1 aliphatic rings. The van der Waals surface area contributed by atoms with Gasteiger partial charge in [0.2, 0.25) is 5.91 Å². The highest BCUT2D eigenvalue weighted by atomic mass is 16.3. The van der Waals surface area contributed by atoms with E-state index in [0.717, 1.165) is 0 Å². The first-order valence-electron chi connectivity index (χ1n) is 9.62. The zero-order chi connectivity index (χ0) is 22.0. The van der Waals surface area contributed by atoms with E-state index in [1.165, 1.54) is 6.07 Å². The molecule has 3 heterocycles. The van der Waals surface area contributed by atoms with E-state index < -0.39 is 11.5 Å². The fourth-order valence-electron chi connectivity index (χ4n) is 3.22. The number of amides is 2. The highest BCUT2D eigenvalue weighted by Gasteiger charge is 2.34. The van der Waals surface area contributed by atoms with Crippen LogP contribution in [0.25, 0.3) is 22.8 Å². The number of piperidine rings is 1. The summed E-state index contributed by atoms with van der Waals surface area (Å²) >= 11 is 0. The number of aromatic amines is 1. The van der Waals surface area contributed by atoms with Crippen molar-refractivity contribution in [2.24, 2.45) is 5.73 Å². The van der Waals surface area contributed by atoms with Crippen molar-refractivity contribution in [2.75, 3.05) is 13.6 Å². The monoisotopic (exact) mass is 416 g/mol. The third kappa shape index (κ3) is 4.44. The van der Waals surface area contributed by atoms with Gasteiger partial charge in [0, 0.05) is 37.3 Å². The maximum atomic E-state index is 11.9. The lowest BCUT2D eigenvalue weighted by atomic mass is 9.91. The second-order valence-corrected chi connectivity index (χ2v) is 7.40. The third-order valence-corrected chi connectivity index (χ3v) is 5.05. The predicted octanol–water partition coefficient (Wildman–Crippen LogP) is 0.967. The molecule has 2 amide bonds. The number of rotatable bonds is 3. The molecule has 2 aromatic heterocycles. The third-order valence-electron chi connectivity index (χ3n) is 5.05. The smallest absolute Gasteiger partial charge is 0.267 e. The highest BCUT2D eigenvalue weighted by Crippen LogP contribution is 2.23. The molecule has 1 aliphatic heterocycles. The van der Waals surface area contributed by atoms with Crippen molar-refractivity contribution in [1.29, 1.82) is 0 Å². The van der Waals surface area contributed by atoms with Crippen molar-refractivity contribution >= 4 is 11.8 Å². The Morgan fingerprint density at radius 1 is 1.29 bits per heavy atom. The summed E-state index contributed by atoms with van der Waals surface area (Å²) in [4.78, 5) is 34.0. The number of primary amides is 1. The topological polar surface area (TPSA) is 138 Å². The maximum absolute atomic E-state index is 11.9. The SMILES string of the molecule is CN1CCC(O)(C#Cc2cccc(-c3nc(C(N)=O)cc(-c4ccn[nH]4)n3)c2)CC1=O. The summed E-state index contributed by atoms with van der Waals surface area (Å²) in [5.74, 6) is 5.28. The summed E-state index contributed by atoms with van der Waals surface area (Å²) in [6, 6.07) is 10.3. The molecule has 0 radical (unpaired) electrons. The number of aromatic nitrogens is 4. The number of likely N-dealkylation sites (tertiary alicyclic amines) is 1. The van der Waals surface area contributed by atoms with Crippen LogP contribution >= 0.6 is 0 Å². The number of H-pyrrole nitrogens is 1. The number of nitrogens with one attached hydrogen (secondary N) is 1. The normalized spacial score (nSPS) is 18.4.